The van der Waals surface area contributed by atoms with E-state index in [2.05, 4.69) is 5.32 Å². The first kappa shape index (κ1) is 12.5. The van der Waals surface area contributed by atoms with Crippen molar-refractivity contribution in [2.24, 2.45) is 5.92 Å². The highest BCUT2D eigenvalue weighted by atomic mass is 35.5. The molecular formula is C10H14ClNO2S. The summed E-state index contributed by atoms with van der Waals surface area (Å²) in [6.07, 6.45) is 0. The van der Waals surface area contributed by atoms with Crippen LogP contribution in [0.5, 0.6) is 0 Å². The number of rotatable bonds is 3. The lowest BCUT2D eigenvalue weighted by Crippen LogP contribution is -2.45. The molecule has 0 spiro atoms. The molecule has 0 amide bonds. The summed E-state index contributed by atoms with van der Waals surface area (Å²) in [6, 6.07) is 8.64. The molecule has 1 fully saturated rings. The van der Waals surface area contributed by atoms with E-state index in [1.807, 2.05) is 6.07 Å². The van der Waals surface area contributed by atoms with Crippen molar-refractivity contribution < 1.29 is 8.42 Å². The maximum atomic E-state index is 11.8. The Labute approximate surface area is 96.2 Å². The molecule has 0 atom stereocenters. The second kappa shape index (κ2) is 4.96. The van der Waals surface area contributed by atoms with Gasteiger partial charge in [0.25, 0.3) is 0 Å². The van der Waals surface area contributed by atoms with E-state index in [1.165, 1.54) is 0 Å². The summed E-state index contributed by atoms with van der Waals surface area (Å²) in [5.41, 5.74) is 0. The lowest BCUT2D eigenvalue weighted by atomic mass is 10.1. The van der Waals surface area contributed by atoms with Gasteiger partial charge in [-0.1, -0.05) is 18.2 Å². The minimum atomic E-state index is -3.06. The van der Waals surface area contributed by atoms with E-state index in [9.17, 15) is 8.42 Å². The highest BCUT2D eigenvalue weighted by molar-refractivity contribution is 7.91. The molecule has 1 aliphatic heterocycles. The Morgan fingerprint density at radius 1 is 1.20 bits per heavy atom. The number of benzene rings is 1. The van der Waals surface area contributed by atoms with E-state index in [-0.39, 0.29) is 18.2 Å². The Morgan fingerprint density at radius 2 is 1.80 bits per heavy atom. The third-order valence-electron chi connectivity index (χ3n) is 2.42. The molecule has 0 unspecified atom stereocenters. The van der Waals surface area contributed by atoms with Gasteiger partial charge in [0, 0.05) is 13.1 Å². The first-order chi connectivity index (χ1) is 6.68. The van der Waals surface area contributed by atoms with Crippen molar-refractivity contribution in [3.05, 3.63) is 30.3 Å². The van der Waals surface area contributed by atoms with Gasteiger partial charge in [-0.3, -0.25) is 0 Å². The fourth-order valence-electron chi connectivity index (χ4n) is 1.50. The molecule has 1 aliphatic rings. The van der Waals surface area contributed by atoms with E-state index in [0.29, 0.717) is 10.8 Å². The lowest BCUT2D eigenvalue weighted by Gasteiger charge is -2.26. The molecule has 0 saturated carbocycles. The molecule has 0 aliphatic carbocycles. The van der Waals surface area contributed by atoms with E-state index in [4.69, 9.17) is 0 Å². The summed E-state index contributed by atoms with van der Waals surface area (Å²) in [6.45, 7) is 1.65. The molecule has 1 N–H and O–H groups in total. The van der Waals surface area contributed by atoms with Gasteiger partial charge in [-0.15, -0.1) is 12.4 Å². The normalized spacial score (nSPS) is 16.5. The predicted molar refractivity (Wildman–Crippen MR) is 62.1 cm³/mol. The van der Waals surface area contributed by atoms with E-state index in [1.54, 1.807) is 24.3 Å². The van der Waals surface area contributed by atoms with Crippen LogP contribution in [0, 0.1) is 5.92 Å². The molecule has 84 valence electrons. The Hall–Kier alpha value is -0.580. The summed E-state index contributed by atoms with van der Waals surface area (Å²) in [5.74, 6) is 0.560. The van der Waals surface area contributed by atoms with Gasteiger partial charge in [0.2, 0.25) is 0 Å². The average Bonchev–Trinajstić information content (AvgIpc) is 2.13. The summed E-state index contributed by atoms with van der Waals surface area (Å²) in [4.78, 5) is 0.437. The van der Waals surface area contributed by atoms with Crippen LogP contribution in [-0.2, 0) is 9.84 Å². The van der Waals surface area contributed by atoms with Crippen molar-refractivity contribution in [1.82, 2.24) is 5.32 Å². The van der Waals surface area contributed by atoms with Gasteiger partial charge in [0.05, 0.1) is 10.6 Å². The zero-order valence-electron chi connectivity index (χ0n) is 8.22. The van der Waals surface area contributed by atoms with Gasteiger partial charge < -0.3 is 5.32 Å². The van der Waals surface area contributed by atoms with E-state index < -0.39 is 9.84 Å². The van der Waals surface area contributed by atoms with Gasteiger partial charge in [-0.05, 0) is 18.1 Å². The molecule has 0 radical (unpaired) electrons. The Morgan fingerprint density at radius 3 is 2.27 bits per heavy atom. The highest BCUT2D eigenvalue weighted by Gasteiger charge is 2.25. The molecule has 0 aromatic heterocycles. The van der Waals surface area contributed by atoms with Crippen LogP contribution in [0.15, 0.2) is 35.2 Å². The van der Waals surface area contributed by atoms with Crippen molar-refractivity contribution >= 4 is 22.2 Å². The standard InChI is InChI=1S/C10H13NO2S.ClH/c12-14(13,8-9-6-11-7-9)10-4-2-1-3-5-10;/h1-5,9,11H,6-8H2;1H. The molecule has 1 heterocycles. The molecule has 1 aromatic carbocycles. The van der Waals surface area contributed by atoms with E-state index >= 15 is 0 Å². The molecule has 1 saturated heterocycles. The van der Waals surface area contributed by atoms with Crippen molar-refractivity contribution in [1.29, 1.82) is 0 Å². The minimum Gasteiger partial charge on any atom is -0.316 e. The number of hydrogen-bond acceptors (Lipinski definition) is 3. The van der Waals surface area contributed by atoms with Gasteiger partial charge in [0.1, 0.15) is 0 Å². The van der Waals surface area contributed by atoms with Gasteiger partial charge >= 0.3 is 0 Å². The lowest BCUT2D eigenvalue weighted by molar-refractivity contribution is 0.378. The zero-order valence-corrected chi connectivity index (χ0v) is 9.85. The molecule has 0 bridgehead atoms. The fourth-order valence-corrected chi connectivity index (χ4v) is 3.12. The molecule has 5 heteroatoms. The van der Waals surface area contributed by atoms with Crippen molar-refractivity contribution in [3.63, 3.8) is 0 Å². The van der Waals surface area contributed by atoms with Crippen LogP contribution in [0.2, 0.25) is 0 Å². The van der Waals surface area contributed by atoms with Crippen LogP contribution in [0.25, 0.3) is 0 Å². The van der Waals surface area contributed by atoms with Gasteiger partial charge in [-0.2, -0.15) is 0 Å². The van der Waals surface area contributed by atoms with Crippen LogP contribution in [-0.4, -0.2) is 27.3 Å². The minimum absolute atomic E-state index is 0. The molecule has 1 aromatic rings. The van der Waals surface area contributed by atoms with Crippen molar-refractivity contribution in [2.75, 3.05) is 18.8 Å². The van der Waals surface area contributed by atoms with Crippen LogP contribution in [0.1, 0.15) is 0 Å². The summed E-state index contributed by atoms with van der Waals surface area (Å²) in [5, 5.41) is 3.07. The Balaban J connectivity index is 0.00000112. The maximum absolute atomic E-state index is 11.8. The van der Waals surface area contributed by atoms with Crippen molar-refractivity contribution in [2.45, 2.75) is 4.90 Å². The van der Waals surface area contributed by atoms with Crippen LogP contribution < -0.4 is 5.32 Å². The molecule has 15 heavy (non-hydrogen) atoms. The van der Waals surface area contributed by atoms with Gasteiger partial charge in [0.15, 0.2) is 9.84 Å². The largest absolute Gasteiger partial charge is 0.316 e. The van der Waals surface area contributed by atoms with Crippen LogP contribution in [0.4, 0.5) is 0 Å². The topological polar surface area (TPSA) is 46.2 Å². The predicted octanol–water partition coefficient (Wildman–Crippen LogP) is 1.10. The fraction of sp³-hybridized carbons (Fsp3) is 0.400. The van der Waals surface area contributed by atoms with E-state index in [0.717, 1.165) is 13.1 Å². The summed E-state index contributed by atoms with van der Waals surface area (Å²) in [7, 11) is -3.06. The molecular weight excluding hydrogens is 234 g/mol. The van der Waals surface area contributed by atoms with Crippen molar-refractivity contribution in [3.8, 4) is 0 Å². The average molecular weight is 248 g/mol. The number of halogens is 1. The third kappa shape index (κ3) is 2.93. The Kier molecular flexibility index (Phi) is 4.13. The quantitative estimate of drug-likeness (QED) is 0.870. The van der Waals surface area contributed by atoms with Crippen LogP contribution >= 0.6 is 12.4 Å². The SMILES string of the molecule is Cl.O=S(=O)(CC1CNC1)c1ccccc1. The second-order valence-electron chi connectivity index (χ2n) is 3.62. The first-order valence-corrected chi connectivity index (χ1v) is 6.32. The number of nitrogens with one attached hydrogen (secondary N) is 1. The number of hydrogen-bond donors (Lipinski definition) is 1. The zero-order chi connectivity index (χ0) is 10.0. The second-order valence-corrected chi connectivity index (χ2v) is 5.65. The summed E-state index contributed by atoms with van der Waals surface area (Å²) >= 11 is 0. The Bertz CT molecular complexity index is 401. The molecule has 2 rings (SSSR count). The third-order valence-corrected chi connectivity index (χ3v) is 4.32. The maximum Gasteiger partial charge on any atom is 0.178 e. The first-order valence-electron chi connectivity index (χ1n) is 4.67. The smallest absolute Gasteiger partial charge is 0.178 e. The van der Waals surface area contributed by atoms with Gasteiger partial charge in [-0.25, -0.2) is 8.42 Å². The number of sulfone groups is 1. The van der Waals surface area contributed by atoms with Crippen LogP contribution in [0.3, 0.4) is 0 Å². The molecule has 3 nitrogen and oxygen atoms in total. The highest BCUT2D eigenvalue weighted by Crippen LogP contribution is 2.15. The monoisotopic (exact) mass is 247 g/mol. The summed E-state index contributed by atoms with van der Waals surface area (Å²) < 4.78 is 23.6.